The van der Waals surface area contributed by atoms with Crippen LogP contribution >= 0.6 is 0 Å². The van der Waals surface area contributed by atoms with Crippen LogP contribution in [0.25, 0.3) is 0 Å². The van der Waals surface area contributed by atoms with Crippen molar-refractivity contribution in [1.82, 2.24) is 4.90 Å². The fourth-order valence-corrected chi connectivity index (χ4v) is 4.69. The second kappa shape index (κ2) is 7.84. The van der Waals surface area contributed by atoms with Gasteiger partial charge in [-0.25, -0.2) is 0 Å². The molecule has 2 aromatic rings. The van der Waals surface area contributed by atoms with Crippen molar-refractivity contribution in [3.63, 3.8) is 0 Å². The molecule has 0 aromatic heterocycles. The molecule has 4 rings (SSSR count). The van der Waals surface area contributed by atoms with Gasteiger partial charge < -0.3 is 10.6 Å². The molecule has 0 saturated heterocycles. The summed E-state index contributed by atoms with van der Waals surface area (Å²) in [4.78, 5) is 15.4. The second-order valence-corrected chi connectivity index (χ2v) is 8.94. The first-order chi connectivity index (χ1) is 14.4. The van der Waals surface area contributed by atoms with E-state index in [2.05, 4.69) is 32.0 Å². The van der Waals surface area contributed by atoms with E-state index in [1.807, 2.05) is 53.4 Å². The van der Waals surface area contributed by atoms with Crippen molar-refractivity contribution in [2.24, 2.45) is 11.1 Å². The summed E-state index contributed by atoms with van der Waals surface area (Å²) in [6.07, 6.45) is 2.05. The number of hydrogen-bond acceptors (Lipinski definition) is 4. The van der Waals surface area contributed by atoms with E-state index in [0.717, 1.165) is 29.7 Å². The molecule has 2 aliphatic rings. The molecule has 1 aliphatic heterocycles. The van der Waals surface area contributed by atoms with Crippen molar-refractivity contribution in [3.05, 3.63) is 94.5 Å². The molecule has 2 aromatic carbocycles. The molecule has 2 N–H and O–H groups in total. The lowest BCUT2D eigenvalue weighted by Gasteiger charge is -2.44. The molecule has 1 aliphatic carbocycles. The van der Waals surface area contributed by atoms with Crippen LogP contribution in [0.5, 0.6) is 0 Å². The highest BCUT2D eigenvalue weighted by Crippen LogP contribution is 2.48. The van der Waals surface area contributed by atoms with Crippen molar-refractivity contribution in [2.75, 3.05) is 6.54 Å². The molecular formula is C26H27N3O. The first-order valence-electron chi connectivity index (χ1n) is 10.4. The monoisotopic (exact) mass is 397 g/mol. The number of carbonyl (C=O) groups is 1. The first-order valence-corrected chi connectivity index (χ1v) is 10.4. The predicted molar refractivity (Wildman–Crippen MR) is 118 cm³/mol. The minimum atomic E-state index is -0.386. The number of nitrogens with zero attached hydrogens (tertiary/aromatic N) is 2. The molecule has 1 atom stereocenters. The van der Waals surface area contributed by atoms with E-state index in [-0.39, 0.29) is 17.1 Å². The van der Waals surface area contributed by atoms with Crippen LogP contribution in [0.15, 0.2) is 83.3 Å². The Labute approximate surface area is 178 Å². The van der Waals surface area contributed by atoms with E-state index in [4.69, 9.17) is 5.73 Å². The maximum absolute atomic E-state index is 13.4. The van der Waals surface area contributed by atoms with Gasteiger partial charge in [-0.15, -0.1) is 0 Å². The number of nitrogens with two attached hydrogens (primary N) is 1. The van der Waals surface area contributed by atoms with Crippen molar-refractivity contribution in [2.45, 2.75) is 39.0 Å². The number of ketones is 1. The number of nitriles is 1. The zero-order valence-electron chi connectivity index (χ0n) is 17.6. The number of Topliss-reactive ketones (excluding diaryl/α,β-unsaturated/α-hetero) is 1. The standard InChI is InChI=1S/C26H27N3O/c1-26(2)15-21-24(22(30)16-26)23(19-11-7-4-8-12-19)20(17-27)25(28)29(21)14-13-18-9-5-3-6-10-18/h3-12,23H,13-16,28H2,1-2H3. The van der Waals surface area contributed by atoms with Crippen LogP contribution in [0.4, 0.5) is 0 Å². The summed E-state index contributed by atoms with van der Waals surface area (Å²) < 4.78 is 0. The van der Waals surface area contributed by atoms with Crippen molar-refractivity contribution in [3.8, 4) is 6.07 Å². The minimum Gasteiger partial charge on any atom is -0.384 e. The van der Waals surface area contributed by atoms with Gasteiger partial charge in [0, 0.05) is 24.2 Å². The molecule has 0 amide bonds. The molecule has 0 radical (unpaired) electrons. The molecule has 4 heteroatoms. The highest BCUT2D eigenvalue weighted by Gasteiger charge is 2.43. The SMILES string of the molecule is CC1(C)CC(=O)C2=C(C1)N(CCc1ccccc1)C(N)=C(C#N)C2c1ccccc1. The van der Waals surface area contributed by atoms with E-state index in [0.29, 0.717) is 24.4 Å². The summed E-state index contributed by atoms with van der Waals surface area (Å²) in [6, 6.07) is 22.3. The largest absolute Gasteiger partial charge is 0.384 e. The van der Waals surface area contributed by atoms with Gasteiger partial charge in [0.1, 0.15) is 5.82 Å². The molecule has 1 unspecified atom stereocenters. The smallest absolute Gasteiger partial charge is 0.162 e. The van der Waals surface area contributed by atoms with E-state index in [1.165, 1.54) is 5.56 Å². The van der Waals surface area contributed by atoms with Gasteiger partial charge in [0.25, 0.3) is 0 Å². The molecule has 30 heavy (non-hydrogen) atoms. The lowest BCUT2D eigenvalue weighted by atomic mass is 9.68. The van der Waals surface area contributed by atoms with E-state index < -0.39 is 0 Å². The summed E-state index contributed by atoms with van der Waals surface area (Å²) in [5.74, 6) is 0.217. The third-order valence-corrected chi connectivity index (χ3v) is 6.09. The van der Waals surface area contributed by atoms with Gasteiger partial charge in [-0.05, 0) is 29.4 Å². The Bertz CT molecular complexity index is 1060. The Balaban J connectivity index is 1.82. The third-order valence-electron chi connectivity index (χ3n) is 6.09. The number of allylic oxidation sites excluding steroid dienone is 3. The number of hydrogen-bond donors (Lipinski definition) is 1. The Morgan fingerprint density at radius 3 is 2.33 bits per heavy atom. The van der Waals surface area contributed by atoms with Gasteiger partial charge in [0.15, 0.2) is 5.78 Å². The van der Waals surface area contributed by atoms with Crippen LogP contribution in [-0.4, -0.2) is 17.2 Å². The lowest BCUT2D eigenvalue weighted by Crippen LogP contribution is -2.42. The molecule has 0 spiro atoms. The van der Waals surface area contributed by atoms with Crippen LogP contribution in [0, 0.1) is 16.7 Å². The number of rotatable bonds is 4. The molecular weight excluding hydrogens is 370 g/mol. The van der Waals surface area contributed by atoms with Gasteiger partial charge in [0.05, 0.1) is 17.6 Å². The zero-order chi connectivity index (χ0) is 21.3. The lowest BCUT2D eigenvalue weighted by molar-refractivity contribution is -0.118. The van der Waals surface area contributed by atoms with Crippen molar-refractivity contribution < 1.29 is 4.79 Å². The van der Waals surface area contributed by atoms with Gasteiger partial charge >= 0.3 is 0 Å². The summed E-state index contributed by atoms with van der Waals surface area (Å²) >= 11 is 0. The maximum Gasteiger partial charge on any atom is 0.162 e. The first kappa shape index (κ1) is 20.0. The van der Waals surface area contributed by atoms with Crippen LogP contribution in [0.2, 0.25) is 0 Å². The molecule has 152 valence electrons. The maximum atomic E-state index is 13.4. The van der Waals surface area contributed by atoms with Gasteiger partial charge in [-0.1, -0.05) is 74.5 Å². The van der Waals surface area contributed by atoms with Crippen LogP contribution in [0.1, 0.15) is 43.7 Å². The summed E-state index contributed by atoms with van der Waals surface area (Å²) in [5, 5.41) is 10.0. The quantitative estimate of drug-likeness (QED) is 0.814. The van der Waals surface area contributed by atoms with Gasteiger partial charge in [-0.2, -0.15) is 5.26 Å². The Morgan fingerprint density at radius 1 is 1.07 bits per heavy atom. The predicted octanol–water partition coefficient (Wildman–Crippen LogP) is 4.67. The van der Waals surface area contributed by atoms with Crippen LogP contribution < -0.4 is 5.73 Å². The number of carbonyl (C=O) groups excluding carboxylic acids is 1. The third kappa shape index (κ3) is 3.64. The van der Waals surface area contributed by atoms with Crippen LogP contribution in [0.3, 0.4) is 0 Å². The average Bonchev–Trinajstić information content (AvgIpc) is 2.73. The fourth-order valence-electron chi connectivity index (χ4n) is 4.69. The Kier molecular flexibility index (Phi) is 5.22. The topological polar surface area (TPSA) is 70.1 Å². The minimum absolute atomic E-state index is 0.125. The van der Waals surface area contributed by atoms with Crippen molar-refractivity contribution >= 4 is 5.78 Å². The number of benzene rings is 2. The van der Waals surface area contributed by atoms with Gasteiger partial charge in [0.2, 0.25) is 0 Å². The van der Waals surface area contributed by atoms with Crippen LogP contribution in [-0.2, 0) is 11.2 Å². The molecule has 0 saturated carbocycles. The van der Waals surface area contributed by atoms with E-state index in [1.54, 1.807) is 0 Å². The molecule has 0 fully saturated rings. The molecule has 4 nitrogen and oxygen atoms in total. The molecule has 1 heterocycles. The Hall–Kier alpha value is -3.32. The Morgan fingerprint density at radius 2 is 1.70 bits per heavy atom. The highest BCUT2D eigenvalue weighted by atomic mass is 16.1. The second-order valence-electron chi connectivity index (χ2n) is 8.94. The normalized spacial score (nSPS) is 20.8. The summed E-state index contributed by atoms with van der Waals surface area (Å²) in [5.41, 5.74) is 10.8. The molecule has 0 bridgehead atoms. The summed E-state index contributed by atoms with van der Waals surface area (Å²) in [7, 11) is 0. The zero-order valence-corrected chi connectivity index (χ0v) is 17.6. The van der Waals surface area contributed by atoms with E-state index in [9.17, 15) is 10.1 Å². The average molecular weight is 398 g/mol. The van der Waals surface area contributed by atoms with E-state index >= 15 is 0 Å². The highest BCUT2D eigenvalue weighted by molar-refractivity contribution is 6.00. The summed E-state index contributed by atoms with van der Waals surface area (Å²) in [6.45, 7) is 4.90. The van der Waals surface area contributed by atoms with Crippen molar-refractivity contribution in [1.29, 1.82) is 5.26 Å². The fraction of sp³-hybridized carbons (Fsp3) is 0.308. The van der Waals surface area contributed by atoms with Gasteiger partial charge in [-0.3, -0.25) is 4.79 Å².